The van der Waals surface area contributed by atoms with Crippen LogP contribution in [-0.4, -0.2) is 6.03 Å². The molecule has 2 aromatic rings. The maximum Gasteiger partial charge on any atom is 0.323 e. The number of benzene rings is 2. The Morgan fingerprint density at radius 1 is 0.900 bits per heavy atom. The van der Waals surface area contributed by atoms with Gasteiger partial charge in [0.25, 0.3) is 0 Å². The highest BCUT2D eigenvalue weighted by molar-refractivity contribution is 9.12. The molecule has 2 N–H and O–H groups in total. The first-order valence-corrected chi connectivity index (χ1v) is 8.00. The predicted molar refractivity (Wildman–Crippen MR) is 87.9 cm³/mol. The van der Waals surface area contributed by atoms with Crippen molar-refractivity contribution in [1.29, 1.82) is 0 Å². The molecule has 102 valence electrons. The molecule has 3 rings (SSSR count). The van der Waals surface area contributed by atoms with E-state index >= 15 is 0 Å². The van der Waals surface area contributed by atoms with Crippen molar-refractivity contribution >= 4 is 49.3 Å². The molecule has 0 saturated carbocycles. The van der Waals surface area contributed by atoms with Gasteiger partial charge < -0.3 is 5.73 Å². The second-order valence-corrected chi connectivity index (χ2v) is 6.57. The highest BCUT2D eigenvalue weighted by Crippen LogP contribution is 2.52. The zero-order valence-corrected chi connectivity index (χ0v) is 13.6. The fourth-order valence-electron chi connectivity index (χ4n) is 2.53. The molecule has 3 nitrogen and oxygen atoms in total. The summed E-state index contributed by atoms with van der Waals surface area (Å²) < 4.78 is 0. The van der Waals surface area contributed by atoms with Gasteiger partial charge >= 0.3 is 6.03 Å². The number of nitrogens with zero attached hydrogens (tertiary/aromatic N) is 1. The molecule has 1 aliphatic heterocycles. The first kappa shape index (κ1) is 13.6. The van der Waals surface area contributed by atoms with Crippen LogP contribution in [0.1, 0.15) is 20.8 Å². The Labute approximate surface area is 134 Å². The molecule has 1 aliphatic rings. The maximum atomic E-state index is 12.0. The third kappa shape index (κ3) is 2.05. The van der Waals surface area contributed by atoms with Crippen molar-refractivity contribution < 1.29 is 4.79 Å². The summed E-state index contributed by atoms with van der Waals surface area (Å²) in [4.78, 5) is 13.7. The molecule has 0 radical (unpaired) electrons. The van der Waals surface area contributed by atoms with E-state index in [1.807, 2.05) is 48.5 Å². The van der Waals surface area contributed by atoms with E-state index in [9.17, 15) is 4.79 Å². The van der Waals surface area contributed by atoms with Gasteiger partial charge in [-0.3, -0.25) is 4.90 Å². The van der Waals surface area contributed by atoms with E-state index < -0.39 is 6.03 Å². The minimum Gasteiger partial charge on any atom is -0.351 e. The van der Waals surface area contributed by atoms with Crippen LogP contribution in [0.25, 0.3) is 0 Å². The predicted octanol–water partition coefficient (Wildman–Crippen LogP) is 4.79. The molecular formula is C15H12Br2N2O. The Morgan fingerprint density at radius 2 is 1.30 bits per heavy atom. The Bertz CT molecular complexity index is 623. The first-order chi connectivity index (χ1) is 9.61. The van der Waals surface area contributed by atoms with Crippen molar-refractivity contribution in [2.45, 2.75) is 9.65 Å². The van der Waals surface area contributed by atoms with E-state index in [1.165, 1.54) is 0 Å². The van der Waals surface area contributed by atoms with Gasteiger partial charge in [-0.25, -0.2) is 4.79 Å². The third-order valence-electron chi connectivity index (χ3n) is 3.43. The number of para-hydroxylation sites is 2. The average Bonchev–Trinajstić information content (AvgIpc) is 2.55. The van der Waals surface area contributed by atoms with E-state index in [0.717, 1.165) is 22.5 Å². The van der Waals surface area contributed by atoms with E-state index in [-0.39, 0.29) is 9.65 Å². The summed E-state index contributed by atoms with van der Waals surface area (Å²) in [5, 5.41) is 0. The topological polar surface area (TPSA) is 46.3 Å². The number of anilines is 2. The molecular weight excluding hydrogens is 384 g/mol. The first-order valence-electron chi connectivity index (χ1n) is 6.17. The molecule has 5 heteroatoms. The van der Waals surface area contributed by atoms with Crippen LogP contribution in [0.2, 0.25) is 0 Å². The summed E-state index contributed by atoms with van der Waals surface area (Å²) in [6.07, 6.45) is 0. The highest BCUT2D eigenvalue weighted by Gasteiger charge is 2.33. The van der Waals surface area contributed by atoms with Crippen molar-refractivity contribution in [3.63, 3.8) is 0 Å². The quantitative estimate of drug-likeness (QED) is 0.640. The lowest BCUT2D eigenvalue weighted by atomic mass is 10.0. The highest BCUT2D eigenvalue weighted by atomic mass is 79.9. The number of alkyl halides is 2. The summed E-state index contributed by atoms with van der Waals surface area (Å²) in [5.74, 6) is 0. The number of carbonyl (C=O) groups is 1. The number of urea groups is 1. The fourth-order valence-corrected chi connectivity index (χ4v) is 3.88. The van der Waals surface area contributed by atoms with Gasteiger partial charge in [0.05, 0.1) is 21.0 Å². The van der Waals surface area contributed by atoms with Crippen LogP contribution >= 0.6 is 31.9 Å². The molecule has 2 unspecified atom stereocenters. The number of nitrogens with two attached hydrogens (primary N) is 1. The van der Waals surface area contributed by atoms with Crippen molar-refractivity contribution in [3.05, 3.63) is 59.7 Å². The lowest BCUT2D eigenvalue weighted by Crippen LogP contribution is -2.32. The number of halogens is 2. The summed E-state index contributed by atoms with van der Waals surface area (Å²) in [6, 6.07) is 15.1. The molecule has 0 fully saturated rings. The average molecular weight is 396 g/mol. The summed E-state index contributed by atoms with van der Waals surface area (Å²) in [5.41, 5.74) is 9.31. The minimum atomic E-state index is -0.480. The van der Waals surface area contributed by atoms with E-state index in [2.05, 4.69) is 31.9 Å². The maximum absolute atomic E-state index is 12.0. The zero-order chi connectivity index (χ0) is 14.3. The van der Waals surface area contributed by atoms with Crippen molar-refractivity contribution in [2.75, 3.05) is 4.90 Å². The van der Waals surface area contributed by atoms with E-state index in [1.54, 1.807) is 4.90 Å². The molecule has 0 aliphatic carbocycles. The van der Waals surface area contributed by atoms with Gasteiger partial charge in [-0.1, -0.05) is 68.3 Å². The molecule has 2 amide bonds. The zero-order valence-electron chi connectivity index (χ0n) is 10.5. The van der Waals surface area contributed by atoms with E-state index in [4.69, 9.17) is 5.73 Å². The molecule has 0 spiro atoms. The number of hydrogen-bond acceptors (Lipinski definition) is 1. The summed E-state index contributed by atoms with van der Waals surface area (Å²) in [6.45, 7) is 0. The van der Waals surface area contributed by atoms with Crippen molar-refractivity contribution in [2.24, 2.45) is 5.73 Å². The Kier molecular flexibility index (Phi) is 3.56. The molecule has 1 heterocycles. The number of fused-ring (bicyclic) bond motifs is 2. The molecule has 2 aromatic carbocycles. The Hall–Kier alpha value is -1.33. The second-order valence-electron chi connectivity index (χ2n) is 4.59. The van der Waals surface area contributed by atoms with Crippen LogP contribution in [0.5, 0.6) is 0 Å². The molecule has 0 aromatic heterocycles. The van der Waals surface area contributed by atoms with Crippen LogP contribution in [-0.2, 0) is 0 Å². The Morgan fingerprint density at radius 3 is 1.70 bits per heavy atom. The van der Waals surface area contributed by atoms with E-state index in [0.29, 0.717) is 0 Å². The lowest BCUT2D eigenvalue weighted by molar-refractivity contribution is 0.256. The van der Waals surface area contributed by atoms with Crippen LogP contribution in [0.15, 0.2) is 48.5 Å². The Balaban J connectivity index is 2.33. The van der Waals surface area contributed by atoms with Gasteiger partial charge in [0.15, 0.2) is 0 Å². The normalized spacial score (nSPS) is 20.8. The largest absolute Gasteiger partial charge is 0.351 e. The number of primary amides is 1. The van der Waals surface area contributed by atoms with Crippen molar-refractivity contribution in [3.8, 4) is 0 Å². The summed E-state index contributed by atoms with van der Waals surface area (Å²) in [7, 11) is 0. The summed E-state index contributed by atoms with van der Waals surface area (Å²) >= 11 is 7.45. The van der Waals surface area contributed by atoms with Crippen molar-refractivity contribution in [1.82, 2.24) is 0 Å². The van der Waals surface area contributed by atoms with Gasteiger partial charge in [-0.15, -0.1) is 0 Å². The SMILES string of the molecule is NC(=O)N1c2ccccc2C(Br)C(Br)c2ccccc21. The molecule has 0 bridgehead atoms. The lowest BCUT2D eigenvalue weighted by Gasteiger charge is -2.22. The minimum absolute atomic E-state index is 0.0594. The molecule has 0 saturated heterocycles. The van der Waals surface area contributed by atoms with Crippen LogP contribution in [0.3, 0.4) is 0 Å². The van der Waals surface area contributed by atoms with Crippen LogP contribution < -0.4 is 10.6 Å². The number of rotatable bonds is 0. The van der Waals surface area contributed by atoms with Gasteiger partial charge in [0, 0.05) is 0 Å². The molecule has 20 heavy (non-hydrogen) atoms. The molecule has 2 atom stereocenters. The van der Waals surface area contributed by atoms with Gasteiger partial charge in [-0.2, -0.15) is 0 Å². The fraction of sp³-hybridized carbons (Fsp3) is 0.133. The smallest absolute Gasteiger partial charge is 0.323 e. The number of amides is 2. The van der Waals surface area contributed by atoms with Gasteiger partial charge in [0.1, 0.15) is 0 Å². The van der Waals surface area contributed by atoms with Crippen LogP contribution in [0, 0.1) is 0 Å². The van der Waals surface area contributed by atoms with Gasteiger partial charge in [0.2, 0.25) is 0 Å². The monoisotopic (exact) mass is 394 g/mol. The third-order valence-corrected chi connectivity index (χ3v) is 6.18. The number of hydrogen-bond donors (Lipinski definition) is 1. The van der Waals surface area contributed by atoms with Crippen LogP contribution in [0.4, 0.5) is 16.2 Å². The van der Waals surface area contributed by atoms with Gasteiger partial charge in [-0.05, 0) is 23.3 Å². The second kappa shape index (κ2) is 5.22. The standard InChI is InChI=1S/C15H12Br2N2O/c16-13-9-5-1-3-7-11(9)19(15(18)20)12-8-4-2-6-10(12)14(13)17/h1-8,13-14H,(H2,18,20). The number of carbonyl (C=O) groups excluding carboxylic acids is 1.